The number of nitrogens with one attached hydrogen (secondary N) is 1. The van der Waals surface area contributed by atoms with Crippen LogP contribution in [0.15, 0.2) is 52.4 Å². The molecular weight excluding hydrogens is 388 g/mol. The number of para-hydroxylation sites is 1. The Morgan fingerprint density at radius 2 is 2.19 bits per heavy atom. The van der Waals surface area contributed by atoms with E-state index in [1.807, 2.05) is 18.2 Å². The summed E-state index contributed by atoms with van der Waals surface area (Å²) in [5, 5.41) is 12.8. The van der Waals surface area contributed by atoms with Crippen LogP contribution in [0.4, 0.5) is 5.82 Å². The third-order valence-corrected chi connectivity index (χ3v) is 4.97. The number of carbonyl (C=O) groups is 1. The van der Waals surface area contributed by atoms with Gasteiger partial charge in [0.25, 0.3) is 0 Å². The number of rotatable bonds is 5. The third kappa shape index (κ3) is 3.64. The molecule has 0 atom stereocenters. The summed E-state index contributed by atoms with van der Waals surface area (Å²) in [6.07, 6.45) is 3.11. The van der Waals surface area contributed by atoms with Crippen LogP contribution in [0.25, 0.3) is 16.7 Å². The van der Waals surface area contributed by atoms with Gasteiger partial charge in [0.2, 0.25) is 5.91 Å². The van der Waals surface area contributed by atoms with E-state index < -0.39 is 0 Å². The van der Waals surface area contributed by atoms with E-state index in [1.54, 1.807) is 29.9 Å². The van der Waals surface area contributed by atoms with Crippen molar-refractivity contribution in [3.63, 3.8) is 0 Å². The lowest BCUT2D eigenvalue weighted by molar-refractivity contribution is -0.113. The average Bonchev–Trinajstić information content (AvgIpc) is 3.27. The van der Waals surface area contributed by atoms with Crippen LogP contribution in [0.3, 0.4) is 0 Å². The summed E-state index contributed by atoms with van der Waals surface area (Å²) in [5.74, 6) is 0.966. The number of thioether (sulfide) groups is 1. The first-order chi connectivity index (χ1) is 13.1. The predicted molar refractivity (Wildman–Crippen MR) is 102 cm³/mol. The number of carbonyl (C=O) groups excluding carboxylic acids is 1. The number of halogens is 1. The van der Waals surface area contributed by atoms with E-state index >= 15 is 0 Å². The van der Waals surface area contributed by atoms with Gasteiger partial charge in [-0.15, -0.1) is 0 Å². The van der Waals surface area contributed by atoms with E-state index in [1.165, 1.54) is 18.1 Å². The summed E-state index contributed by atoms with van der Waals surface area (Å²) in [6.45, 7) is 1.76. The second-order valence-electron chi connectivity index (χ2n) is 5.58. The highest BCUT2D eigenvalue weighted by Crippen LogP contribution is 2.28. The minimum atomic E-state index is -0.210. The van der Waals surface area contributed by atoms with E-state index in [0.717, 1.165) is 11.1 Å². The van der Waals surface area contributed by atoms with Crippen molar-refractivity contribution in [2.45, 2.75) is 11.9 Å². The predicted octanol–water partition coefficient (Wildman–Crippen LogP) is 3.50. The zero-order valence-corrected chi connectivity index (χ0v) is 15.7. The lowest BCUT2D eigenvalue weighted by Crippen LogP contribution is -2.14. The van der Waals surface area contributed by atoms with Gasteiger partial charge in [0.05, 0.1) is 28.0 Å². The third-order valence-electron chi connectivity index (χ3n) is 3.65. The minimum Gasteiger partial charge on any atom is -0.360 e. The number of aryl methyl sites for hydroxylation is 1. The van der Waals surface area contributed by atoms with Crippen molar-refractivity contribution in [1.29, 1.82) is 0 Å². The molecule has 0 aliphatic carbocycles. The quantitative estimate of drug-likeness (QED) is 0.404. The van der Waals surface area contributed by atoms with Crippen molar-refractivity contribution in [3.8, 4) is 5.69 Å². The molecule has 3 heterocycles. The molecule has 0 saturated carbocycles. The zero-order chi connectivity index (χ0) is 18.8. The van der Waals surface area contributed by atoms with Gasteiger partial charge in [0.15, 0.2) is 11.5 Å². The van der Waals surface area contributed by atoms with Gasteiger partial charge in [-0.1, -0.05) is 40.7 Å². The van der Waals surface area contributed by atoms with Crippen LogP contribution in [0.5, 0.6) is 0 Å². The molecule has 1 amide bonds. The van der Waals surface area contributed by atoms with Crippen molar-refractivity contribution in [3.05, 3.63) is 53.6 Å². The summed E-state index contributed by atoms with van der Waals surface area (Å²) in [4.78, 5) is 20.7. The van der Waals surface area contributed by atoms with Crippen molar-refractivity contribution < 1.29 is 9.32 Å². The Kier molecular flexibility index (Phi) is 4.78. The standard InChI is InChI=1S/C17H13ClN6O2S/c1-10-6-14(23-26-10)22-15(25)8-27-17-11-7-21-24(16(11)19-9-20-17)13-5-3-2-4-12(13)18/h2-7,9H,8H2,1H3,(H,22,23,25). The lowest BCUT2D eigenvalue weighted by Gasteiger charge is -2.05. The van der Waals surface area contributed by atoms with E-state index in [-0.39, 0.29) is 11.7 Å². The maximum atomic E-state index is 12.1. The molecule has 1 N–H and O–H groups in total. The van der Waals surface area contributed by atoms with Gasteiger partial charge < -0.3 is 9.84 Å². The van der Waals surface area contributed by atoms with Crippen LogP contribution in [-0.2, 0) is 4.79 Å². The average molecular weight is 401 g/mol. The Hall–Kier alpha value is -2.91. The molecule has 0 fully saturated rings. The highest BCUT2D eigenvalue weighted by Gasteiger charge is 2.15. The van der Waals surface area contributed by atoms with Gasteiger partial charge >= 0.3 is 0 Å². The first kappa shape index (κ1) is 17.5. The number of benzene rings is 1. The van der Waals surface area contributed by atoms with Gasteiger partial charge in [-0.3, -0.25) is 4.79 Å². The number of hydrogen-bond donors (Lipinski definition) is 1. The molecule has 1 aromatic carbocycles. The van der Waals surface area contributed by atoms with Crippen LogP contribution in [0.1, 0.15) is 5.76 Å². The Bertz CT molecular complexity index is 1130. The molecule has 3 aromatic heterocycles. The maximum Gasteiger partial charge on any atom is 0.236 e. The molecule has 10 heteroatoms. The van der Waals surface area contributed by atoms with Crippen LogP contribution >= 0.6 is 23.4 Å². The molecule has 0 bridgehead atoms. The largest absolute Gasteiger partial charge is 0.360 e. The van der Waals surface area contributed by atoms with E-state index in [9.17, 15) is 4.79 Å². The summed E-state index contributed by atoms with van der Waals surface area (Å²) in [6, 6.07) is 9.03. The minimum absolute atomic E-state index is 0.162. The molecule has 8 nitrogen and oxygen atoms in total. The highest BCUT2D eigenvalue weighted by atomic mass is 35.5. The topological polar surface area (TPSA) is 98.7 Å². The van der Waals surface area contributed by atoms with Gasteiger partial charge in [-0.2, -0.15) is 5.10 Å². The number of amides is 1. The second kappa shape index (κ2) is 7.37. The normalized spacial score (nSPS) is 11.0. The number of anilines is 1. The molecule has 0 aliphatic rings. The maximum absolute atomic E-state index is 12.1. The molecule has 27 heavy (non-hydrogen) atoms. The molecular formula is C17H13ClN6O2S. The van der Waals surface area contributed by atoms with Gasteiger partial charge in [-0.25, -0.2) is 14.6 Å². The summed E-state index contributed by atoms with van der Waals surface area (Å²) >= 11 is 7.55. The number of hydrogen-bond acceptors (Lipinski definition) is 7. The Morgan fingerprint density at radius 1 is 1.33 bits per heavy atom. The van der Waals surface area contributed by atoms with E-state index in [0.29, 0.717) is 27.3 Å². The number of fused-ring (bicyclic) bond motifs is 1. The molecule has 0 radical (unpaired) electrons. The summed E-state index contributed by atoms with van der Waals surface area (Å²) < 4.78 is 6.58. The fourth-order valence-electron chi connectivity index (χ4n) is 2.48. The molecule has 0 spiro atoms. The molecule has 0 aliphatic heterocycles. The first-order valence-electron chi connectivity index (χ1n) is 7.91. The van der Waals surface area contributed by atoms with Gasteiger partial charge in [0.1, 0.15) is 17.1 Å². The summed E-state index contributed by atoms with van der Waals surface area (Å²) in [5.41, 5.74) is 1.34. The van der Waals surface area contributed by atoms with Crippen molar-refractivity contribution in [1.82, 2.24) is 24.9 Å². The SMILES string of the molecule is Cc1cc(NC(=O)CSc2ncnc3c2cnn3-c2ccccc2Cl)no1. The molecule has 136 valence electrons. The summed E-state index contributed by atoms with van der Waals surface area (Å²) in [7, 11) is 0. The first-order valence-corrected chi connectivity index (χ1v) is 9.28. The van der Waals surface area contributed by atoms with Crippen molar-refractivity contribution in [2.75, 3.05) is 11.1 Å². The molecule has 0 unspecified atom stereocenters. The van der Waals surface area contributed by atoms with E-state index in [2.05, 4.69) is 25.5 Å². The monoisotopic (exact) mass is 400 g/mol. The van der Waals surface area contributed by atoms with Crippen LogP contribution < -0.4 is 5.32 Å². The smallest absolute Gasteiger partial charge is 0.236 e. The number of aromatic nitrogens is 5. The Balaban J connectivity index is 1.55. The van der Waals surface area contributed by atoms with Gasteiger partial charge in [0, 0.05) is 6.07 Å². The second-order valence-corrected chi connectivity index (χ2v) is 6.95. The van der Waals surface area contributed by atoms with Crippen molar-refractivity contribution in [2.24, 2.45) is 0 Å². The zero-order valence-electron chi connectivity index (χ0n) is 14.1. The van der Waals surface area contributed by atoms with Crippen LogP contribution in [0, 0.1) is 6.92 Å². The fraction of sp³-hybridized carbons (Fsp3) is 0.118. The highest BCUT2D eigenvalue weighted by molar-refractivity contribution is 8.00. The molecule has 0 saturated heterocycles. The van der Waals surface area contributed by atoms with Crippen molar-refractivity contribution >= 4 is 46.1 Å². The van der Waals surface area contributed by atoms with Gasteiger partial charge in [-0.05, 0) is 19.1 Å². The van der Waals surface area contributed by atoms with Crippen LogP contribution in [0.2, 0.25) is 5.02 Å². The molecule has 4 aromatic rings. The number of nitrogens with zero attached hydrogens (tertiary/aromatic N) is 5. The van der Waals surface area contributed by atoms with Crippen LogP contribution in [-0.4, -0.2) is 36.6 Å². The Labute approximate surface area is 162 Å². The fourth-order valence-corrected chi connectivity index (χ4v) is 3.45. The lowest BCUT2D eigenvalue weighted by atomic mass is 10.3. The van der Waals surface area contributed by atoms with E-state index in [4.69, 9.17) is 16.1 Å². The molecule has 4 rings (SSSR count). The Morgan fingerprint density at radius 3 is 2.96 bits per heavy atom.